The lowest BCUT2D eigenvalue weighted by Gasteiger charge is -2.10. The van der Waals surface area contributed by atoms with Crippen molar-refractivity contribution in [3.05, 3.63) is 77.7 Å². The monoisotopic (exact) mass is 361 g/mol. The average Bonchev–Trinajstić information content (AvgIpc) is 3.31. The second kappa shape index (κ2) is 7.33. The van der Waals surface area contributed by atoms with Crippen LogP contribution < -0.4 is 5.32 Å². The summed E-state index contributed by atoms with van der Waals surface area (Å²) in [6.45, 7) is 1.40. The number of H-pyrrole nitrogens is 1. The van der Waals surface area contributed by atoms with Gasteiger partial charge in [-0.05, 0) is 36.2 Å². The third-order valence-corrected chi connectivity index (χ3v) is 4.50. The lowest BCUT2D eigenvalue weighted by molar-refractivity contribution is 0.0692. The van der Waals surface area contributed by atoms with Crippen LogP contribution in [0.3, 0.4) is 0 Å². The summed E-state index contributed by atoms with van der Waals surface area (Å²) in [6.07, 6.45) is 2.71. The highest BCUT2D eigenvalue weighted by molar-refractivity contribution is 6.01. The van der Waals surface area contributed by atoms with Crippen LogP contribution >= 0.6 is 0 Å². The quantitative estimate of drug-likeness (QED) is 0.469. The third-order valence-electron chi connectivity index (χ3n) is 4.50. The van der Waals surface area contributed by atoms with Crippen molar-refractivity contribution < 1.29 is 9.90 Å². The van der Waals surface area contributed by atoms with Crippen molar-refractivity contribution in [1.29, 1.82) is 0 Å². The van der Waals surface area contributed by atoms with Gasteiger partial charge in [0.15, 0.2) is 5.69 Å². The Morgan fingerprint density at radius 1 is 1.15 bits per heavy atom. The summed E-state index contributed by atoms with van der Waals surface area (Å²) in [5.41, 5.74) is 3.91. The maximum atomic E-state index is 11.3. The van der Waals surface area contributed by atoms with Crippen LogP contribution in [0.4, 0.5) is 5.69 Å². The van der Waals surface area contributed by atoms with Crippen molar-refractivity contribution in [2.75, 3.05) is 5.32 Å². The molecule has 27 heavy (non-hydrogen) atoms. The van der Waals surface area contributed by atoms with E-state index >= 15 is 0 Å². The lowest BCUT2D eigenvalue weighted by atomic mass is 10.1. The molecule has 3 N–H and O–H groups in total. The van der Waals surface area contributed by atoms with Gasteiger partial charge < -0.3 is 10.4 Å². The number of carboxylic acids is 1. The highest BCUT2D eigenvalue weighted by atomic mass is 16.4. The van der Waals surface area contributed by atoms with E-state index in [-0.39, 0.29) is 5.69 Å². The van der Waals surface area contributed by atoms with E-state index in [9.17, 15) is 9.90 Å². The van der Waals surface area contributed by atoms with E-state index in [2.05, 4.69) is 32.7 Å². The number of hydrogen-bond acceptors (Lipinski definition) is 4. The van der Waals surface area contributed by atoms with Crippen molar-refractivity contribution in [3.63, 3.8) is 0 Å². The molecule has 0 saturated carbocycles. The topological polar surface area (TPSA) is 95.8 Å². The van der Waals surface area contributed by atoms with Crippen molar-refractivity contribution in [3.8, 4) is 0 Å². The molecule has 0 aliphatic heterocycles. The van der Waals surface area contributed by atoms with Gasteiger partial charge in [0.2, 0.25) is 0 Å². The molecule has 0 fully saturated rings. The first-order valence-corrected chi connectivity index (χ1v) is 8.70. The Morgan fingerprint density at radius 3 is 2.81 bits per heavy atom. The van der Waals surface area contributed by atoms with Crippen LogP contribution in [-0.2, 0) is 19.5 Å². The van der Waals surface area contributed by atoms with E-state index in [1.54, 1.807) is 12.3 Å². The zero-order chi connectivity index (χ0) is 18.6. The highest BCUT2D eigenvalue weighted by Gasteiger charge is 2.13. The number of aromatic nitrogens is 4. The van der Waals surface area contributed by atoms with Crippen LogP contribution in [0.2, 0.25) is 0 Å². The summed E-state index contributed by atoms with van der Waals surface area (Å²) >= 11 is 0. The minimum atomic E-state index is -1.04. The summed E-state index contributed by atoms with van der Waals surface area (Å²) in [5, 5.41) is 24.1. The average molecular weight is 361 g/mol. The molecule has 0 unspecified atom stereocenters. The normalized spacial score (nSPS) is 11.0. The first-order valence-electron chi connectivity index (χ1n) is 8.70. The molecule has 136 valence electrons. The van der Waals surface area contributed by atoms with Crippen molar-refractivity contribution in [2.45, 2.75) is 19.5 Å². The standard InChI is InChI=1S/C20H19N5O2/c26-20(27)19-17-12-15(6-7-18(17)23-24-19)21-13-16-8-10-22-25(16)11-9-14-4-2-1-3-5-14/h1-8,10,12,21H,9,11,13H2,(H,23,24)(H,26,27). The summed E-state index contributed by atoms with van der Waals surface area (Å²) in [6, 6.07) is 17.8. The number of anilines is 1. The SMILES string of the molecule is O=C(O)c1n[nH]c2ccc(NCc3ccnn3CCc3ccccc3)cc12. The molecule has 4 aromatic rings. The molecule has 0 atom stereocenters. The zero-order valence-corrected chi connectivity index (χ0v) is 14.6. The van der Waals surface area contributed by atoms with Gasteiger partial charge in [0.05, 0.1) is 17.8 Å². The molecule has 2 aromatic heterocycles. The van der Waals surface area contributed by atoms with Crippen molar-refractivity contribution in [2.24, 2.45) is 0 Å². The number of nitrogens with zero attached hydrogens (tertiary/aromatic N) is 3. The minimum Gasteiger partial charge on any atom is -0.476 e. The largest absolute Gasteiger partial charge is 0.476 e. The Bertz CT molecular complexity index is 1070. The number of carboxylic acid groups (broad SMARTS) is 1. The van der Waals surface area contributed by atoms with Crippen LogP contribution in [0, 0.1) is 0 Å². The predicted octanol–water partition coefficient (Wildman–Crippen LogP) is 3.31. The molecule has 0 amide bonds. The fourth-order valence-corrected chi connectivity index (χ4v) is 3.07. The maximum Gasteiger partial charge on any atom is 0.357 e. The summed E-state index contributed by atoms with van der Waals surface area (Å²) < 4.78 is 1.99. The van der Waals surface area contributed by atoms with E-state index in [1.807, 2.05) is 41.1 Å². The van der Waals surface area contributed by atoms with Crippen LogP contribution in [0.25, 0.3) is 10.9 Å². The number of aryl methyl sites for hydroxylation is 2. The van der Waals surface area contributed by atoms with Gasteiger partial charge in [-0.15, -0.1) is 0 Å². The molecule has 0 saturated heterocycles. The number of fused-ring (bicyclic) bond motifs is 1. The fourth-order valence-electron chi connectivity index (χ4n) is 3.07. The summed E-state index contributed by atoms with van der Waals surface area (Å²) in [7, 11) is 0. The summed E-state index contributed by atoms with van der Waals surface area (Å²) in [4.78, 5) is 11.3. The van der Waals surface area contributed by atoms with Gasteiger partial charge >= 0.3 is 5.97 Å². The van der Waals surface area contributed by atoms with Crippen LogP contribution in [0.1, 0.15) is 21.7 Å². The number of rotatable bonds is 7. The Hall–Kier alpha value is -3.61. The molecule has 0 bridgehead atoms. The molecular formula is C20H19N5O2. The van der Waals surface area contributed by atoms with Gasteiger partial charge in [-0.1, -0.05) is 30.3 Å². The second-order valence-electron chi connectivity index (χ2n) is 6.27. The van der Waals surface area contributed by atoms with E-state index in [4.69, 9.17) is 0 Å². The molecule has 7 nitrogen and oxygen atoms in total. The van der Waals surface area contributed by atoms with Crippen LogP contribution in [0.15, 0.2) is 60.8 Å². The molecule has 0 aliphatic carbocycles. The van der Waals surface area contributed by atoms with Gasteiger partial charge in [-0.3, -0.25) is 9.78 Å². The highest BCUT2D eigenvalue weighted by Crippen LogP contribution is 2.21. The molecule has 4 rings (SSSR count). The maximum absolute atomic E-state index is 11.3. The molecule has 0 spiro atoms. The van der Waals surface area contributed by atoms with Gasteiger partial charge in [-0.2, -0.15) is 10.2 Å². The lowest BCUT2D eigenvalue weighted by Crippen LogP contribution is -2.10. The number of aromatic carboxylic acids is 1. The van der Waals surface area contributed by atoms with E-state index in [0.717, 1.165) is 24.3 Å². The molecule has 2 heterocycles. The smallest absolute Gasteiger partial charge is 0.357 e. The summed E-state index contributed by atoms with van der Waals surface area (Å²) in [5.74, 6) is -1.04. The van der Waals surface area contributed by atoms with E-state index in [0.29, 0.717) is 17.4 Å². The number of aromatic amines is 1. The van der Waals surface area contributed by atoms with Crippen molar-refractivity contribution >= 4 is 22.6 Å². The van der Waals surface area contributed by atoms with Gasteiger partial charge in [0.25, 0.3) is 0 Å². The number of nitrogens with one attached hydrogen (secondary N) is 2. The number of hydrogen-bond donors (Lipinski definition) is 3. The second-order valence-corrected chi connectivity index (χ2v) is 6.27. The Kier molecular flexibility index (Phi) is 4.57. The first kappa shape index (κ1) is 16.8. The third kappa shape index (κ3) is 3.67. The van der Waals surface area contributed by atoms with Crippen LogP contribution in [-0.4, -0.2) is 31.1 Å². The van der Waals surface area contributed by atoms with E-state index < -0.39 is 5.97 Å². The molecule has 2 aromatic carbocycles. The molecular weight excluding hydrogens is 342 g/mol. The van der Waals surface area contributed by atoms with Crippen molar-refractivity contribution in [1.82, 2.24) is 20.0 Å². The number of carbonyl (C=O) groups is 1. The van der Waals surface area contributed by atoms with Gasteiger partial charge in [0.1, 0.15) is 0 Å². The molecule has 0 aliphatic rings. The zero-order valence-electron chi connectivity index (χ0n) is 14.6. The van der Waals surface area contributed by atoms with E-state index in [1.165, 1.54) is 5.56 Å². The van der Waals surface area contributed by atoms with Gasteiger partial charge in [0, 0.05) is 23.8 Å². The molecule has 0 radical (unpaired) electrons. The Balaban J connectivity index is 1.45. The first-order chi connectivity index (χ1) is 13.2. The predicted molar refractivity (Wildman–Crippen MR) is 103 cm³/mol. The number of benzene rings is 2. The Labute approximate surface area is 155 Å². The molecule has 7 heteroatoms. The van der Waals surface area contributed by atoms with Crippen LogP contribution in [0.5, 0.6) is 0 Å². The minimum absolute atomic E-state index is 0.0292. The Morgan fingerprint density at radius 2 is 2.00 bits per heavy atom. The fraction of sp³-hybridized carbons (Fsp3) is 0.150. The van der Waals surface area contributed by atoms with Gasteiger partial charge in [-0.25, -0.2) is 4.79 Å².